The molecule has 0 saturated carbocycles. The molecule has 0 saturated heterocycles. The summed E-state index contributed by atoms with van der Waals surface area (Å²) < 4.78 is 26.2. The average molecular weight is 302 g/mol. The summed E-state index contributed by atoms with van der Waals surface area (Å²) >= 11 is 11.6. The lowest BCUT2D eigenvalue weighted by atomic mass is 10.2. The first-order valence-electron chi connectivity index (χ1n) is 5.06. The number of hydrogen-bond acceptors (Lipinski definition) is 3. The van der Waals surface area contributed by atoms with Crippen molar-refractivity contribution in [3.63, 3.8) is 0 Å². The maximum atomic E-state index is 13.2. The first-order chi connectivity index (χ1) is 8.99. The number of nitrogens with two attached hydrogens (primary N) is 1. The minimum absolute atomic E-state index is 0.0455. The van der Waals surface area contributed by atoms with Crippen molar-refractivity contribution in [1.29, 1.82) is 0 Å². The minimum Gasteiger partial charge on any atom is -0.396 e. The standard InChI is InChI=1S/C12H7Cl2F2N3/c13-8-1-7(15)2-9(14)12(8)19-4-6-3-18-5-10(16)11(6)17/h1-5H,(H2,17,18). The average Bonchev–Trinajstić information content (AvgIpc) is 2.33. The fourth-order valence-corrected chi connectivity index (χ4v) is 1.91. The van der Waals surface area contributed by atoms with Gasteiger partial charge in [-0.1, -0.05) is 23.2 Å². The van der Waals surface area contributed by atoms with Crippen molar-refractivity contribution in [2.45, 2.75) is 0 Å². The van der Waals surface area contributed by atoms with Crippen LogP contribution in [-0.4, -0.2) is 11.2 Å². The molecule has 0 spiro atoms. The number of aromatic nitrogens is 1. The number of hydrogen-bond donors (Lipinski definition) is 1. The van der Waals surface area contributed by atoms with E-state index in [1.165, 1.54) is 12.4 Å². The molecule has 1 aromatic carbocycles. The van der Waals surface area contributed by atoms with E-state index < -0.39 is 11.6 Å². The van der Waals surface area contributed by atoms with Gasteiger partial charge in [0.1, 0.15) is 11.5 Å². The fourth-order valence-electron chi connectivity index (χ4n) is 1.35. The molecule has 0 fully saturated rings. The number of rotatable bonds is 2. The lowest BCUT2D eigenvalue weighted by Gasteiger charge is -2.03. The van der Waals surface area contributed by atoms with Crippen LogP contribution in [0.15, 0.2) is 29.5 Å². The Morgan fingerprint density at radius 1 is 1.16 bits per heavy atom. The van der Waals surface area contributed by atoms with Crippen LogP contribution in [0.25, 0.3) is 0 Å². The van der Waals surface area contributed by atoms with Crippen LogP contribution in [0, 0.1) is 11.6 Å². The van der Waals surface area contributed by atoms with E-state index in [-0.39, 0.29) is 27.0 Å². The molecular weight excluding hydrogens is 295 g/mol. The SMILES string of the molecule is Nc1c(F)cncc1C=Nc1c(Cl)cc(F)cc1Cl. The van der Waals surface area contributed by atoms with Gasteiger partial charge in [0.25, 0.3) is 0 Å². The van der Waals surface area contributed by atoms with Crippen LogP contribution in [0.2, 0.25) is 10.0 Å². The number of benzene rings is 1. The summed E-state index contributed by atoms with van der Waals surface area (Å²) in [6.45, 7) is 0. The van der Waals surface area contributed by atoms with E-state index in [9.17, 15) is 8.78 Å². The van der Waals surface area contributed by atoms with Gasteiger partial charge in [-0.15, -0.1) is 0 Å². The van der Waals surface area contributed by atoms with Crippen molar-refractivity contribution in [2.75, 3.05) is 5.73 Å². The van der Waals surface area contributed by atoms with Crippen LogP contribution in [0.4, 0.5) is 20.2 Å². The molecule has 7 heteroatoms. The molecular formula is C12H7Cl2F2N3. The van der Waals surface area contributed by atoms with Gasteiger partial charge in [-0.3, -0.25) is 9.98 Å². The number of nitrogens with zero attached hydrogens (tertiary/aromatic N) is 2. The van der Waals surface area contributed by atoms with Crippen molar-refractivity contribution in [3.8, 4) is 0 Å². The lowest BCUT2D eigenvalue weighted by Crippen LogP contribution is -1.98. The lowest BCUT2D eigenvalue weighted by molar-refractivity contribution is 0.626. The first-order valence-corrected chi connectivity index (χ1v) is 5.82. The summed E-state index contributed by atoms with van der Waals surface area (Å²) in [6, 6.07) is 2.15. The Morgan fingerprint density at radius 3 is 2.42 bits per heavy atom. The molecule has 2 aromatic rings. The number of anilines is 1. The number of nitrogen functional groups attached to an aromatic ring is 1. The Hall–Kier alpha value is -1.72. The molecule has 19 heavy (non-hydrogen) atoms. The highest BCUT2D eigenvalue weighted by atomic mass is 35.5. The number of pyridine rings is 1. The fraction of sp³-hybridized carbons (Fsp3) is 0. The molecule has 1 heterocycles. The third-order valence-electron chi connectivity index (χ3n) is 2.28. The molecule has 2 rings (SSSR count). The van der Waals surface area contributed by atoms with E-state index in [4.69, 9.17) is 28.9 Å². The summed E-state index contributed by atoms with van der Waals surface area (Å²) in [7, 11) is 0. The Balaban J connectivity index is 2.41. The zero-order valence-corrected chi connectivity index (χ0v) is 10.9. The molecule has 1 aromatic heterocycles. The molecule has 2 N–H and O–H groups in total. The van der Waals surface area contributed by atoms with Gasteiger partial charge < -0.3 is 5.73 Å². The van der Waals surface area contributed by atoms with Crippen molar-refractivity contribution >= 4 is 40.8 Å². The minimum atomic E-state index is -0.653. The van der Waals surface area contributed by atoms with E-state index in [1.54, 1.807) is 0 Å². The summed E-state index contributed by atoms with van der Waals surface area (Å²) in [6.07, 6.45) is 3.59. The quantitative estimate of drug-likeness (QED) is 0.852. The Labute approximate surface area is 117 Å². The van der Waals surface area contributed by atoms with Crippen molar-refractivity contribution in [1.82, 2.24) is 4.98 Å². The third kappa shape index (κ3) is 3.00. The van der Waals surface area contributed by atoms with Crippen LogP contribution in [-0.2, 0) is 0 Å². The van der Waals surface area contributed by atoms with Crippen molar-refractivity contribution in [3.05, 3.63) is 51.8 Å². The summed E-state index contributed by atoms with van der Waals surface area (Å²) in [4.78, 5) is 7.62. The molecule has 0 unspecified atom stereocenters. The smallest absolute Gasteiger partial charge is 0.164 e. The highest BCUT2D eigenvalue weighted by molar-refractivity contribution is 6.38. The van der Waals surface area contributed by atoms with Crippen molar-refractivity contribution < 1.29 is 8.78 Å². The number of halogens is 4. The largest absolute Gasteiger partial charge is 0.396 e. The van der Waals surface area contributed by atoms with Gasteiger partial charge in [0.15, 0.2) is 5.82 Å². The van der Waals surface area contributed by atoms with Gasteiger partial charge in [-0.2, -0.15) is 0 Å². The van der Waals surface area contributed by atoms with Crippen LogP contribution in [0.1, 0.15) is 5.56 Å². The molecule has 98 valence electrons. The van der Waals surface area contributed by atoms with Crippen molar-refractivity contribution in [2.24, 2.45) is 4.99 Å². The van der Waals surface area contributed by atoms with E-state index in [1.807, 2.05) is 0 Å². The van der Waals surface area contributed by atoms with Crippen LogP contribution >= 0.6 is 23.2 Å². The number of aliphatic imine (C=N–C) groups is 1. The molecule has 0 aliphatic rings. The molecule has 0 bridgehead atoms. The highest BCUT2D eigenvalue weighted by Gasteiger charge is 2.08. The zero-order chi connectivity index (χ0) is 14.0. The van der Waals surface area contributed by atoms with Gasteiger partial charge in [0.05, 0.1) is 21.9 Å². The molecule has 0 aliphatic heterocycles. The molecule has 3 nitrogen and oxygen atoms in total. The predicted molar refractivity (Wildman–Crippen MR) is 72.3 cm³/mol. The monoisotopic (exact) mass is 301 g/mol. The summed E-state index contributed by atoms with van der Waals surface area (Å²) in [5, 5.41) is 0.0911. The summed E-state index contributed by atoms with van der Waals surface area (Å²) in [5.41, 5.74) is 5.87. The Kier molecular flexibility index (Phi) is 3.97. The van der Waals surface area contributed by atoms with Gasteiger partial charge in [-0.05, 0) is 12.1 Å². The first kappa shape index (κ1) is 13.7. The van der Waals surface area contributed by atoms with E-state index in [2.05, 4.69) is 9.98 Å². The second-order valence-corrected chi connectivity index (χ2v) is 4.41. The molecule has 0 aliphatic carbocycles. The maximum Gasteiger partial charge on any atom is 0.164 e. The topological polar surface area (TPSA) is 51.3 Å². The van der Waals surface area contributed by atoms with Gasteiger partial charge in [0.2, 0.25) is 0 Å². The molecule has 0 amide bonds. The normalized spacial score (nSPS) is 11.2. The van der Waals surface area contributed by atoms with Gasteiger partial charge in [0, 0.05) is 18.0 Å². The van der Waals surface area contributed by atoms with Crippen LogP contribution < -0.4 is 5.73 Å². The van der Waals surface area contributed by atoms with Crippen LogP contribution in [0.5, 0.6) is 0 Å². The van der Waals surface area contributed by atoms with Gasteiger partial charge >= 0.3 is 0 Å². The second-order valence-electron chi connectivity index (χ2n) is 3.60. The van der Waals surface area contributed by atoms with Gasteiger partial charge in [-0.25, -0.2) is 8.78 Å². The Bertz CT molecular complexity index is 636. The summed E-state index contributed by atoms with van der Waals surface area (Å²) in [5.74, 6) is -1.22. The van der Waals surface area contributed by atoms with E-state index in [0.29, 0.717) is 0 Å². The van der Waals surface area contributed by atoms with E-state index in [0.717, 1.165) is 18.3 Å². The highest BCUT2D eigenvalue weighted by Crippen LogP contribution is 2.33. The molecule has 0 radical (unpaired) electrons. The predicted octanol–water partition coefficient (Wildman–Crippen LogP) is 4.00. The van der Waals surface area contributed by atoms with E-state index >= 15 is 0 Å². The zero-order valence-electron chi connectivity index (χ0n) is 9.37. The second kappa shape index (κ2) is 5.50. The Morgan fingerprint density at radius 2 is 1.79 bits per heavy atom. The molecule has 0 atom stereocenters. The maximum absolute atomic E-state index is 13.2. The van der Waals surface area contributed by atoms with Crippen LogP contribution in [0.3, 0.4) is 0 Å². The third-order valence-corrected chi connectivity index (χ3v) is 2.86.